The van der Waals surface area contributed by atoms with Crippen molar-refractivity contribution in [2.45, 2.75) is 31.3 Å². The van der Waals surface area contributed by atoms with E-state index >= 15 is 0 Å². The molecular weight excluding hydrogens is 510 g/mol. The lowest BCUT2D eigenvalue weighted by Gasteiger charge is -2.39. The van der Waals surface area contributed by atoms with Gasteiger partial charge in [-0.15, -0.1) is 0 Å². The summed E-state index contributed by atoms with van der Waals surface area (Å²) in [5.74, 6) is 1.22. The number of aromatic nitrogens is 3. The van der Waals surface area contributed by atoms with Crippen molar-refractivity contribution in [1.29, 1.82) is 0 Å². The van der Waals surface area contributed by atoms with Crippen molar-refractivity contribution in [3.63, 3.8) is 0 Å². The number of ether oxygens (including phenoxy) is 1. The van der Waals surface area contributed by atoms with Crippen molar-refractivity contribution in [3.8, 4) is 17.1 Å². The fraction of sp³-hybridized carbons (Fsp3) is 0.367. The highest BCUT2D eigenvalue weighted by molar-refractivity contribution is 7.99. The van der Waals surface area contributed by atoms with Gasteiger partial charge in [0.2, 0.25) is 11.8 Å². The zero-order valence-electron chi connectivity index (χ0n) is 22.2. The van der Waals surface area contributed by atoms with Gasteiger partial charge < -0.3 is 14.5 Å². The molecule has 0 aliphatic carbocycles. The van der Waals surface area contributed by atoms with Gasteiger partial charge in [0.25, 0.3) is 0 Å². The summed E-state index contributed by atoms with van der Waals surface area (Å²) in [5, 5.41) is 0.573. The van der Waals surface area contributed by atoms with E-state index in [4.69, 9.17) is 4.74 Å². The van der Waals surface area contributed by atoms with Crippen molar-refractivity contribution in [2.24, 2.45) is 5.41 Å². The van der Waals surface area contributed by atoms with E-state index in [0.717, 1.165) is 55.1 Å². The Kier molecular flexibility index (Phi) is 8.56. The molecule has 2 fully saturated rings. The molecule has 202 valence electrons. The summed E-state index contributed by atoms with van der Waals surface area (Å²) in [6.07, 6.45) is 9.72. The molecule has 1 spiro atoms. The van der Waals surface area contributed by atoms with Gasteiger partial charge in [-0.1, -0.05) is 36.0 Å². The maximum absolute atomic E-state index is 13.0. The van der Waals surface area contributed by atoms with Gasteiger partial charge in [-0.05, 0) is 61.9 Å². The van der Waals surface area contributed by atoms with Gasteiger partial charge in [0.05, 0.1) is 23.7 Å². The number of nitrogens with zero attached hydrogens (tertiary/aromatic N) is 5. The van der Waals surface area contributed by atoms with Crippen LogP contribution in [-0.2, 0) is 9.59 Å². The number of rotatable bonds is 8. The molecule has 0 bridgehead atoms. The summed E-state index contributed by atoms with van der Waals surface area (Å²) in [7, 11) is 0. The molecule has 0 radical (unpaired) electrons. The molecule has 0 saturated carbocycles. The minimum atomic E-state index is 0.0198. The quantitative estimate of drug-likeness (QED) is 0.233. The van der Waals surface area contributed by atoms with E-state index in [-0.39, 0.29) is 17.2 Å². The maximum Gasteiger partial charge on any atom is 0.246 e. The monoisotopic (exact) mass is 543 g/mol. The molecular formula is C30H33N5O3S. The number of pyridine rings is 1. The lowest BCUT2D eigenvalue weighted by atomic mass is 9.78. The lowest BCUT2D eigenvalue weighted by molar-refractivity contribution is -0.130. The molecule has 3 aromatic rings. The molecule has 39 heavy (non-hydrogen) atoms. The molecule has 2 amide bonds. The number of para-hydroxylation sites is 1. The maximum atomic E-state index is 13.0. The minimum Gasteiger partial charge on any atom is -0.493 e. The van der Waals surface area contributed by atoms with Crippen molar-refractivity contribution in [2.75, 3.05) is 38.5 Å². The van der Waals surface area contributed by atoms with Gasteiger partial charge >= 0.3 is 0 Å². The van der Waals surface area contributed by atoms with Crippen LogP contribution in [0.5, 0.6) is 5.75 Å². The van der Waals surface area contributed by atoms with Crippen molar-refractivity contribution >= 4 is 29.7 Å². The topological polar surface area (TPSA) is 88.5 Å². The van der Waals surface area contributed by atoms with Crippen LogP contribution < -0.4 is 4.74 Å². The number of hydrogen-bond donors (Lipinski definition) is 0. The van der Waals surface area contributed by atoms with Gasteiger partial charge in [-0.25, -0.2) is 9.97 Å². The van der Waals surface area contributed by atoms with Crippen LogP contribution in [0.15, 0.2) is 72.2 Å². The third kappa shape index (κ3) is 6.65. The van der Waals surface area contributed by atoms with Gasteiger partial charge in [-0.3, -0.25) is 14.6 Å². The number of benzene rings is 1. The summed E-state index contributed by atoms with van der Waals surface area (Å²) in [4.78, 5) is 43.0. The van der Waals surface area contributed by atoms with E-state index in [1.54, 1.807) is 18.5 Å². The van der Waals surface area contributed by atoms with Gasteiger partial charge in [-0.2, -0.15) is 0 Å². The molecule has 2 saturated heterocycles. The van der Waals surface area contributed by atoms with Crippen LogP contribution in [0, 0.1) is 5.41 Å². The lowest BCUT2D eigenvalue weighted by Crippen LogP contribution is -2.44. The van der Waals surface area contributed by atoms with Crippen LogP contribution in [0.2, 0.25) is 0 Å². The van der Waals surface area contributed by atoms with Gasteiger partial charge in [0.1, 0.15) is 5.75 Å². The predicted octanol–water partition coefficient (Wildman–Crippen LogP) is 4.58. The summed E-state index contributed by atoms with van der Waals surface area (Å²) < 4.78 is 5.65. The van der Waals surface area contributed by atoms with Crippen molar-refractivity contribution in [3.05, 3.63) is 72.6 Å². The summed E-state index contributed by atoms with van der Waals surface area (Å²) >= 11 is 1.36. The molecule has 8 nitrogen and oxygen atoms in total. The van der Waals surface area contributed by atoms with Gasteiger partial charge in [0, 0.05) is 50.2 Å². The van der Waals surface area contributed by atoms with E-state index in [9.17, 15) is 9.59 Å². The molecule has 2 aliphatic heterocycles. The Morgan fingerprint density at radius 1 is 0.949 bits per heavy atom. The fourth-order valence-electron chi connectivity index (χ4n) is 5.21. The van der Waals surface area contributed by atoms with Crippen molar-refractivity contribution in [1.82, 2.24) is 24.8 Å². The van der Waals surface area contributed by atoms with Crippen LogP contribution in [-0.4, -0.2) is 75.1 Å². The first-order chi connectivity index (χ1) is 19.0. The number of likely N-dealkylation sites (tertiary alicyclic amines) is 2. The normalized spacial score (nSPS) is 16.6. The molecule has 2 aliphatic rings. The van der Waals surface area contributed by atoms with E-state index in [0.29, 0.717) is 30.6 Å². The van der Waals surface area contributed by atoms with Crippen LogP contribution in [0.1, 0.15) is 31.7 Å². The highest BCUT2D eigenvalue weighted by atomic mass is 32.2. The predicted molar refractivity (Wildman–Crippen MR) is 152 cm³/mol. The Bertz CT molecular complexity index is 1320. The van der Waals surface area contributed by atoms with Crippen molar-refractivity contribution < 1.29 is 14.3 Å². The number of piperidine rings is 1. The third-order valence-electron chi connectivity index (χ3n) is 7.44. The number of carbonyl (C=O) groups is 2. The molecule has 0 unspecified atom stereocenters. The Labute approximate surface area is 233 Å². The van der Waals surface area contributed by atoms with Crippen LogP contribution in [0.4, 0.5) is 0 Å². The molecule has 4 heterocycles. The van der Waals surface area contributed by atoms with Crippen LogP contribution in [0.25, 0.3) is 17.5 Å². The van der Waals surface area contributed by atoms with E-state index in [1.807, 2.05) is 71.3 Å². The highest BCUT2D eigenvalue weighted by Gasteiger charge is 2.42. The second kappa shape index (κ2) is 12.4. The van der Waals surface area contributed by atoms with E-state index < -0.39 is 0 Å². The summed E-state index contributed by atoms with van der Waals surface area (Å²) in [5.41, 5.74) is 2.52. The third-order valence-corrected chi connectivity index (χ3v) is 8.28. The zero-order valence-corrected chi connectivity index (χ0v) is 23.0. The number of amides is 2. The smallest absolute Gasteiger partial charge is 0.246 e. The summed E-state index contributed by atoms with van der Waals surface area (Å²) in [6.45, 7) is 5.46. The second-order valence-corrected chi connectivity index (χ2v) is 10.9. The average Bonchev–Trinajstić information content (AvgIpc) is 3.40. The number of hydrogen-bond acceptors (Lipinski definition) is 7. The first-order valence-electron chi connectivity index (χ1n) is 13.4. The average molecular weight is 544 g/mol. The Morgan fingerprint density at radius 3 is 2.49 bits per heavy atom. The highest BCUT2D eigenvalue weighted by Crippen LogP contribution is 2.40. The molecule has 2 aromatic heterocycles. The zero-order chi connectivity index (χ0) is 27.1. The van der Waals surface area contributed by atoms with E-state index in [1.165, 1.54) is 11.8 Å². The largest absolute Gasteiger partial charge is 0.493 e. The van der Waals surface area contributed by atoms with Crippen LogP contribution in [0.3, 0.4) is 0 Å². The number of thioether (sulfide) groups is 1. The second-order valence-electron chi connectivity index (χ2n) is 9.92. The fourth-order valence-corrected chi connectivity index (χ4v) is 5.95. The SMILES string of the molecule is CCOc1ccccc1C=CC(=O)N1CCC2(CC1)CCN(C(=O)CSc1nccc(-c3ccccn3)n1)C2. The first kappa shape index (κ1) is 26.9. The minimum absolute atomic E-state index is 0.0198. The molecule has 0 atom stereocenters. The van der Waals surface area contributed by atoms with Crippen LogP contribution >= 0.6 is 11.8 Å². The number of carbonyl (C=O) groups excluding carboxylic acids is 2. The molecule has 0 N–H and O–H groups in total. The first-order valence-corrected chi connectivity index (χ1v) is 14.4. The van der Waals surface area contributed by atoms with Gasteiger partial charge in [0.15, 0.2) is 5.16 Å². The summed E-state index contributed by atoms with van der Waals surface area (Å²) in [6, 6.07) is 15.2. The Hall–Kier alpha value is -3.72. The van der Waals surface area contributed by atoms with E-state index in [2.05, 4.69) is 15.0 Å². The molecule has 9 heteroatoms. The standard InChI is InChI=1S/C30H33N5O3S/c1-2-38-26-9-4-3-7-23(26)10-11-27(36)34-18-13-30(14-19-34)15-20-35(22-30)28(37)21-39-29-32-17-12-25(33-29)24-8-5-6-16-31-24/h3-12,16-17H,2,13-15,18-22H2,1H3. The Morgan fingerprint density at radius 2 is 1.72 bits per heavy atom. The Balaban J connectivity index is 1.10. The molecule has 5 rings (SSSR count). The molecule has 1 aromatic carbocycles.